The maximum Gasteiger partial charge on any atom is 0.127 e. The van der Waals surface area contributed by atoms with Crippen molar-refractivity contribution >= 4 is 34.8 Å². The maximum absolute atomic E-state index is 4.76. The molecule has 8 heteroatoms. The Morgan fingerprint density at radius 3 is 2.76 bits per heavy atom. The van der Waals surface area contributed by atoms with Gasteiger partial charge in [0.2, 0.25) is 0 Å². The number of anilines is 1. The van der Waals surface area contributed by atoms with Crippen molar-refractivity contribution in [2.75, 3.05) is 5.32 Å². The fraction of sp³-hybridized carbons (Fsp3) is 0.0385. The number of amidine groups is 1. The van der Waals surface area contributed by atoms with Gasteiger partial charge in [-0.2, -0.15) is 5.10 Å². The van der Waals surface area contributed by atoms with Gasteiger partial charge in [-0.3, -0.25) is 20.5 Å². The Labute approximate surface area is 196 Å². The van der Waals surface area contributed by atoms with Crippen LogP contribution in [-0.2, 0) is 6.54 Å². The molecule has 34 heavy (non-hydrogen) atoms. The molecule has 0 spiro atoms. The lowest BCUT2D eigenvalue weighted by Gasteiger charge is -2.11. The van der Waals surface area contributed by atoms with Gasteiger partial charge in [0.25, 0.3) is 0 Å². The van der Waals surface area contributed by atoms with Crippen molar-refractivity contribution in [1.82, 2.24) is 26.0 Å². The fourth-order valence-electron chi connectivity index (χ4n) is 3.66. The monoisotopic (exact) mass is 448 g/mol. The van der Waals surface area contributed by atoms with Crippen LogP contribution in [0, 0.1) is 0 Å². The Bertz CT molecular complexity index is 1400. The van der Waals surface area contributed by atoms with E-state index in [0.717, 1.165) is 44.7 Å². The van der Waals surface area contributed by atoms with Crippen LogP contribution in [0.4, 0.5) is 5.69 Å². The first-order valence-corrected chi connectivity index (χ1v) is 10.8. The predicted octanol–water partition coefficient (Wildman–Crippen LogP) is 4.75. The zero-order valence-corrected chi connectivity index (χ0v) is 18.4. The number of benzene rings is 2. The molecule has 0 saturated carbocycles. The van der Waals surface area contributed by atoms with Crippen molar-refractivity contribution in [2.45, 2.75) is 6.54 Å². The lowest BCUT2D eigenvalue weighted by molar-refractivity contribution is 0.784. The van der Waals surface area contributed by atoms with Crippen LogP contribution in [0.3, 0.4) is 0 Å². The number of nitrogens with one attached hydrogen (secondary N) is 5. The van der Waals surface area contributed by atoms with Gasteiger partial charge in [0, 0.05) is 40.8 Å². The van der Waals surface area contributed by atoms with E-state index in [9.17, 15) is 0 Å². The molecule has 3 heterocycles. The molecule has 1 aliphatic rings. The van der Waals surface area contributed by atoms with Gasteiger partial charge in [0.05, 0.1) is 24.1 Å². The molecule has 0 amide bonds. The van der Waals surface area contributed by atoms with Crippen LogP contribution in [0.2, 0.25) is 0 Å². The second kappa shape index (κ2) is 9.74. The molecule has 0 bridgehead atoms. The van der Waals surface area contributed by atoms with Crippen LogP contribution in [0.15, 0.2) is 102 Å². The normalized spacial score (nSPS) is 13.5. The Morgan fingerprint density at radius 1 is 1.09 bits per heavy atom. The van der Waals surface area contributed by atoms with Crippen molar-refractivity contribution in [3.05, 3.63) is 103 Å². The van der Waals surface area contributed by atoms with Gasteiger partial charge in [0.15, 0.2) is 0 Å². The van der Waals surface area contributed by atoms with E-state index in [4.69, 9.17) is 4.99 Å². The van der Waals surface area contributed by atoms with Gasteiger partial charge >= 0.3 is 0 Å². The summed E-state index contributed by atoms with van der Waals surface area (Å²) < 4.78 is 0. The minimum Gasteiger partial charge on any atom is -0.353 e. The van der Waals surface area contributed by atoms with Crippen LogP contribution in [0.5, 0.6) is 0 Å². The van der Waals surface area contributed by atoms with E-state index >= 15 is 0 Å². The third-order valence-electron chi connectivity index (χ3n) is 5.38. The molecule has 0 radical (unpaired) electrons. The van der Waals surface area contributed by atoms with Crippen molar-refractivity contribution < 1.29 is 0 Å². The van der Waals surface area contributed by atoms with Crippen LogP contribution >= 0.6 is 0 Å². The molecule has 168 valence electrons. The summed E-state index contributed by atoms with van der Waals surface area (Å²) in [6.45, 7) is 4.04. The topological polar surface area (TPSA) is 105 Å². The van der Waals surface area contributed by atoms with Gasteiger partial charge in [-0.1, -0.05) is 24.3 Å². The highest BCUT2D eigenvalue weighted by Crippen LogP contribution is 2.22. The number of fused-ring (bicyclic) bond motifs is 1. The summed E-state index contributed by atoms with van der Waals surface area (Å²) in [7, 11) is 0. The Balaban J connectivity index is 1.33. The van der Waals surface area contributed by atoms with Gasteiger partial charge in [-0.05, 0) is 60.3 Å². The van der Waals surface area contributed by atoms with Crippen LogP contribution < -0.4 is 16.2 Å². The summed E-state index contributed by atoms with van der Waals surface area (Å²) in [5.41, 5.74) is 13.4. The predicted molar refractivity (Wildman–Crippen MR) is 139 cm³/mol. The highest BCUT2D eigenvalue weighted by atomic mass is 15.4. The third-order valence-corrected chi connectivity index (χ3v) is 5.38. The molecule has 4 aromatic rings. The van der Waals surface area contributed by atoms with E-state index in [-0.39, 0.29) is 0 Å². The van der Waals surface area contributed by atoms with E-state index in [1.165, 1.54) is 0 Å². The molecule has 5 N–H and O–H groups in total. The molecule has 8 nitrogen and oxygen atoms in total. The number of H-pyrrole nitrogens is 2. The van der Waals surface area contributed by atoms with Crippen LogP contribution in [-0.4, -0.2) is 27.7 Å². The van der Waals surface area contributed by atoms with Crippen molar-refractivity contribution in [3.8, 4) is 11.1 Å². The second-order valence-corrected chi connectivity index (χ2v) is 7.70. The Morgan fingerprint density at radius 2 is 2.00 bits per heavy atom. The van der Waals surface area contributed by atoms with Crippen LogP contribution in [0.1, 0.15) is 11.3 Å². The fourth-order valence-corrected chi connectivity index (χ4v) is 3.66. The van der Waals surface area contributed by atoms with E-state index in [2.05, 4.69) is 67.3 Å². The summed E-state index contributed by atoms with van der Waals surface area (Å²) in [6.07, 6.45) is 12.9. The lowest BCUT2D eigenvalue weighted by Crippen LogP contribution is -2.27. The molecule has 0 unspecified atom stereocenters. The minimum atomic E-state index is 0.520. The van der Waals surface area contributed by atoms with Gasteiger partial charge in [-0.15, -0.1) is 0 Å². The lowest BCUT2D eigenvalue weighted by atomic mass is 10.1. The first-order valence-electron chi connectivity index (χ1n) is 10.8. The smallest absolute Gasteiger partial charge is 0.127 e. The molecule has 0 atom stereocenters. The highest BCUT2D eigenvalue weighted by Gasteiger charge is 2.07. The Kier molecular flexibility index (Phi) is 6.02. The number of aromatic amines is 2. The number of nitrogens with zero attached hydrogens (tertiary/aromatic N) is 3. The molecule has 2 aromatic heterocycles. The number of aromatic nitrogens is 3. The number of aliphatic imine (C=N–C) groups is 2. The molecule has 0 fully saturated rings. The summed E-state index contributed by atoms with van der Waals surface area (Å²) in [6, 6.07) is 16.6. The number of hydrogen-bond acceptors (Lipinski definition) is 5. The number of rotatable bonds is 7. The largest absolute Gasteiger partial charge is 0.353 e. The number of hydrazine groups is 1. The SMILES string of the molecule is C=N/C=C\C(=N/Cc1ccc2cc(C3=CC=CNN3)[nH]c2c1)Nc1ccc(-c2cn[nH]c2)cc1. The zero-order chi connectivity index (χ0) is 23.2. The molecular weight excluding hydrogens is 424 g/mol. The average molecular weight is 449 g/mol. The summed E-state index contributed by atoms with van der Waals surface area (Å²) in [5.74, 6) is 0.699. The van der Waals surface area contributed by atoms with E-state index in [1.54, 1.807) is 12.4 Å². The molecule has 1 aliphatic heterocycles. The van der Waals surface area contributed by atoms with Crippen molar-refractivity contribution in [3.63, 3.8) is 0 Å². The van der Waals surface area contributed by atoms with Gasteiger partial charge < -0.3 is 15.7 Å². The number of allylic oxidation sites excluding steroid dienone is 2. The zero-order valence-electron chi connectivity index (χ0n) is 18.4. The summed E-state index contributed by atoms with van der Waals surface area (Å²) >= 11 is 0. The molecule has 0 aliphatic carbocycles. The molecule has 0 saturated heterocycles. The van der Waals surface area contributed by atoms with E-state index in [0.29, 0.717) is 12.4 Å². The first-order chi connectivity index (χ1) is 16.8. The van der Waals surface area contributed by atoms with E-state index < -0.39 is 0 Å². The summed E-state index contributed by atoms with van der Waals surface area (Å²) in [5, 5.41) is 11.3. The van der Waals surface area contributed by atoms with Gasteiger partial charge in [-0.25, -0.2) is 0 Å². The number of hydrogen-bond donors (Lipinski definition) is 5. The highest BCUT2D eigenvalue weighted by molar-refractivity contribution is 6.03. The second-order valence-electron chi connectivity index (χ2n) is 7.70. The Hall–Kier alpha value is -4.85. The standard InChI is InChI=1S/C26H24N8/c1-27-12-10-26(32-22-8-6-19(7-9-22)21-16-30-31-17-21)28-15-18-4-5-20-14-25(33-24(20)13-18)23-3-2-11-29-34-23/h2-14,16-17,29,33-34H,1,15H2,(H,28,32)(H,30,31)/b12-10-. The van der Waals surface area contributed by atoms with Crippen LogP contribution in [0.25, 0.3) is 27.7 Å². The third kappa shape index (κ3) is 4.81. The molecular formula is C26H24N8. The molecule has 2 aromatic carbocycles. The first kappa shape index (κ1) is 21.0. The van der Waals surface area contributed by atoms with Gasteiger partial charge in [0.1, 0.15) is 5.84 Å². The maximum atomic E-state index is 4.76. The van der Waals surface area contributed by atoms with Crippen molar-refractivity contribution in [1.29, 1.82) is 0 Å². The van der Waals surface area contributed by atoms with E-state index in [1.807, 2.05) is 54.9 Å². The summed E-state index contributed by atoms with van der Waals surface area (Å²) in [4.78, 5) is 12.1. The van der Waals surface area contributed by atoms with Crippen molar-refractivity contribution in [2.24, 2.45) is 9.98 Å². The minimum absolute atomic E-state index is 0.520. The molecule has 5 rings (SSSR count). The average Bonchev–Trinajstić information content (AvgIpc) is 3.57. The quantitative estimate of drug-likeness (QED) is 0.208.